The summed E-state index contributed by atoms with van der Waals surface area (Å²) in [5.41, 5.74) is 2.65. The molecule has 8 heteroatoms. The van der Waals surface area contributed by atoms with E-state index in [9.17, 15) is 22.8 Å². The lowest BCUT2D eigenvalue weighted by Crippen LogP contribution is -2.28. The van der Waals surface area contributed by atoms with E-state index in [2.05, 4.69) is 5.32 Å². The molecule has 1 saturated heterocycles. The third-order valence-electron chi connectivity index (χ3n) is 5.39. The Balaban J connectivity index is 1.55. The van der Waals surface area contributed by atoms with Crippen molar-refractivity contribution < 1.29 is 22.8 Å². The number of carbonyl (C=O) groups is 2. The molecular weight excluding hydrogens is 449 g/mol. The number of alkyl halides is 3. The Morgan fingerprint density at radius 2 is 1.76 bits per heavy atom. The van der Waals surface area contributed by atoms with E-state index < -0.39 is 17.1 Å². The molecule has 3 aromatic carbocycles. The van der Waals surface area contributed by atoms with Gasteiger partial charge in [-0.15, -0.1) is 11.8 Å². The van der Waals surface area contributed by atoms with Crippen LogP contribution in [0.1, 0.15) is 39.3 Å². The number of thioether (sulfide) groups is 1. The molecule has 0 saturated carbocycles. The molecule has 1 fully saturated rings. The number of benzene rings is 3. The van der Waals surface area contributed by atoms with Crippen molar-refractivity contribution >= 4 is 35.0 Å². The van der Waals surface area contributed by atoms with Crippen LogP contribution >= 0.6 is 11.8 Å². The smallest absolute Gasteiger partial charge is 0.322 e. The minimum Gasteiger partial charge on any atom is -0.322 e. The number of halogens is 3. The third kappa shape index (κ3) is 5.06. The van der Waals surface area contributed by atoms with Gasteiger partial charge in [-0.3, -0.25) is 14.5 Å². The highest BCUT2D eigenvalue weighted by Gasteiger charge is 2.35. The number of rotatable bonds is 5. The molecule has 4 rings (SSSR count). The van der Waals surface area contributed by atoms with Crippen LogP contribution in [0.5, 0.6) is 0 Å². The Hall–Kier alpha value is -3.26. The summed E-state index contributed by atoms with van der Waals surface area (Å²) in [6.07, 6.45) is -3.55. The number of nitrogens with one attached hydrogen (secondary N) is 1. The van der Waals surface area contributed by atoms with Crippen LogP contribution in [-0.4, -0.2) is 17.6 Å². The van der Waals surface area contributed by atoms with Gasteiger partial charge in [0, 0.05) is 16.9 Å². The van der Waals surface area contributed by atoms with E-state index in [1.165, 1.54) is 28.8 Å². The number of carbonyl (C=O) groups excluding carboxylic acids is 2. The Labute approximate surface area is 193 Å². The van der Waals surface area contributed by atoms with Crippen LogP contribution in [0.2, 0.25) is 0 Å². The lowest BCUT2D eigenvalue weighted by Gasteiger charge is -2.25. The van der Waals surface area contributed by atoms with Gasteiger partial charge < -0.3 is 5.32 Å². The Morgan fingerprint density at radius 3 is 2.39 bits per heavy atom. The molecule has 1 atom stereocenters. The molecule has 3 aromatic rings. The lowest BCUT2D eigenvalue weighted by molar-refractivity contribution is -0.137. The normalized spacial score (nSPS) is 16.2. The maximum Gasteiger partial charge on any atom is 0.416 e. The van der Waals surface area contributed by atoms with Gasteiger partial charge in [-0.25, -0.2) is 0 Å². The van der Waals surface area contributed by atoms with Crippen LogP contribution in [0, 0.1) is 0 Å². The molecule has 0 aliphatic carbocycles. The molecule has 1 aliphatic heterocycles. The molecule has 1 heterocycles. The molecular formula is C25H21F3N2O2S. The van der Waals surface area contributed by atoms with Gasteiger partial charge >= 0.3 is 6.18 Å². The number of hydrogen-bond donors (Lipinski definition) is 1. The van der Waals surface area contributed by atoms with Crippen LogP contribution in [-0.2, 0) is 17.4 Å². The van der Waals surface area contributed by atoms with Crippen molar-refractivity contribution in [2.45, 2.75) is 24.9 Å². The first-order chi connectivity index (χ1) is 15.8. The maximum atomic E-state index is 12.9. The van der Waals surface area contributed by atoms with E-state index in [-0.39, 0.29) is 17.6 Å². The van der Waals surface area contributed by atoms with Crippen LogP contribution < -0.4 is 10.2 Å². The second-order valence-corrected chi connectivity index (χ2v) is 8.67. The molecule has 1 unspecified atom stereocenters. The van der Waals surface area contributed by atoms with Crippen LogP contribution in [0.4, 0.5) is 24.5 Å². The fraction of sp³-hybridized carbons (Fsp3) is 0.200. The SMILES string of the molecule is CCc1ccc(C(=O)Nc2cccc(C3SCC(=O)N3c3ccc(C(F)(F)F)cc3)c2)cc1. The van der Waals surface area contributed by atoms with Crippen LogP contribution in [0.15, 0.2) is 72.8 Å². The fourth-order valence-electron chi connectivity index (χ4n) is 3.63. The van der Waals surface area contributed by atoms with Gasteiger partial charge in [0.15, 0.2) is 0 Å². The van der Waals surface area contributed by atoms with E-state index in [1.54, 1.807) is 30.3 Å². The summed E-state index contributed by atoms with van der Waals surface area (Å²) in [4.78, 5) is 26.7. The molecule has 4 nitrogen and oxygen atoms in total. The Morgan fingerprint density at radius 1 is 1.06 bits per heavy atom. The number of nitrogens with zero attached hydrogens (tertiary/aromatic N) is 1. The summed E-state index contributed by atoms with van der Waals surface area (Å²) < 4.78 is 38.7. The zero-order chi connectivity index (χ0) is 23.6. The third-order valence-corrected chi connectivity index (χ3v) is 6.61. The molecule has 33 heavy (non-hydrogen) atoms. The van der Waals surface area contributed by atoms with Gasteiger partial charge in [-0.1, -0.05) is 31.2 Å². The summed E-state index contributed by atoms with van der Waals surface area (Å²) in [7, 11) is 0. The number of aryl methyl sites for hydroxylation is 1. The average molecular weight is 471 g/mol. The van der Waals surface area contributed by atoms with E-state index in [0.29, 0.717) is 16.9 Å². The van der Waals surface area contributed by atoms with Gasteiger partial charge in [0.2, 0.25) is 5.91 Å². The van der Waals surface area contributed by atoms with Gasteiger partial charge in [0.1, 0.15) is 5.37 Å². The predicted octanol–water partition coefficient (Wildman–Crippen LogP) is 6.30. The van der Waals surface area contributed by atoms with Crippen molar-refractivity contribution in [3.8, 4) is 0 Å². The zero-order valence-corrected chi connectivity index (χ0v) is 18.5. The second-order valence-electron chi connectivity index (χ2n) is 7.60. The number of hydrogen-bond acceptors (Lipinski definition) is 3. The summed E-state index contributed by atoms with van der Waals surface area (Å²) >= 11 is 1.39. The van der Waals surface area contributed by atoms with E-state index in [4.69, 9.17) is 0 Å². The largest absolute Gasteiger partial charge is 0.416 e. The molecule has 1 aliphatic rings. The average Bonchev–Trinajstić information content (AvgIpc) is 3.20. The summed E-state index contributed by atoms with van der Waals surface area (Å²) in [6.45, 7) is 2.04. The number of amides is 2. The number of anilines is 2. The highest BCUT2D eigenvalue weighted by molar-refractivity contribution is 8.00. The Bertz CT molecular complexity index is 1160. The van der Waals surface area contributed by atoms with Gasteiger partial charge in [-0.05, 0) is 66.1 Å². The van der Waals surface area contributed by atoms with E-state index >= 15 is 0 Å². The molecule has 1 N–H and O–H groups in total. The predicted molar refractivity (Wildman–Crippen MR) is 124 cm³/mol. The van der Waals surface area contributed by atoms with E-state index in [0.717, 1.165) is 29.7 Å². The summed E-state index contributed by atoms with van der Waals surface area (Å²) in [5, 5.41) is 2.47. The van der Waals surface area contributed by atoms with Crippen molar-refractivity contribution in [1.82, 2.24) is 0 Å². The maximum absolute atomic E-state index is 12.9. The van der Waals surface area contributed by atoms with Crippen molar-refractivity contribution in [3.05, 3.63) is 95.1 Å². The van der Waals surface area contributed by atoms with Gasteiger partial charge in [-0.2, -0.15) is 13.2 Å². The second kappa shape index (κ2) is 9.31. The standard InChI is InChI=1S/C25H21F3N2O2S/c1-2-16-6-8-17(9-7-16)23(32)29-20-5-3-4-18(14-20)24-30(22(31)15-33-24)21-12-10-19(11-13-21)25(26,27)28/h3-14,24H,2,15H2,1H3,(H,29,32). The summed E-state index contributed by atoms with van der Waals surface area (Å²) in [6, 6.07) is 19.1. The molecule has 170 valence electrons. The molecule has 0 bridgehead atoms. The van der Waals surface area contributed by atoms with Crippen molar-refractivity contribution in [2.75, 3.05) is 16.0 Å². The highest BCUT2D eigenvalue weighted by Crippen LogP contribution is 2.43. The highest BCUT2D eigenvalue weighted by atomic mass is 32.2. The molecule has 2 amide bonds. The van der Waals surface area contributed by atoms with Crippen LogP contribution in [0.25, 0.3) is 0 Å². The topological polar surface area (TPSA) is 49.4 Å². The minimum absolute atomic E-state index is 0.185. The quantitative estimate of drug-likeness (QED) is 0.476. The van der Waals surface area contributed by atoms with Crippen molar-refractivity contribution in [1.29, 1.82) is 0 Å². The van der Waals surface area contributed by atoms with Gasteiger partial charge in [0.25, 0.3) is 5.91 Å². The molecule has 0 radical (unpaired) electrons. The zero-order valence-electron chi connectivity index (χ0n) is 17.7. The molecule has 0 aromatic heterocycles. The lowest BCUT2D eigenvalue weighted by atomic mass is 10.1. The van der Waals surface area contributed by atoms with Gasteiger partial charge in [0.05, 0.1) is 11.3 Å². The first-order valence-electron chi connectivity index (χ1n) is 10.4. The monoisotopic (exact) mass is 470 g/mol. The molecule has 0 spiro atoms. The fourth-order valence-corrected chi connectivity index (χ4v) is 4.79. The van der Waals surface area contributed by atoms with E-state index in [1.807, 2.05) is 25.1 Å². The van der Waals surface area contributed by atoms with Crippen molar-refractivity contribution in [3.63, 3.8) is 0 Å². The summed E-state index contributed by atoms with van der Waals surface area (Å²) in [5.74, 6) is -0.216. The Kier molecular flexibility index (Phi) is 6.47. The minimum atomic E-state index is -4.44. The first kappa shape index (κ1) is 22.9. The van der Waals surface area contributed by atoms with Crippen LogP contribution in [0.3, 0.4) is 0 Å². The van der Waals surface area contributed by atoms with Crippen molar-refractivity contribution in [2.24, 2.45) is 0 Å². The first-order valence-corrected chi connectivity index (χ1v) is 11.4.